The molecule has 10 heteroatoms. The molecule has 1 atom stereocenters. The molecular weight excluding hydrogens is 540 g/mol. The minimum absolute atomic E-state index is 0. The Morgan fingerprint density at radius 3 is 2.35 bits per heavy atom. The van der Waals surface area contributed by atoms with Crippen molar-refractivity contribution < 1.29 is 27.9 Å². The summed E-state index contributed by atoms with van der Waals surface area (Å²) in [6.45, 7) is 7.44. The van der Waals surface area contributed by atoms with Crippen LogP contribution in [0.25, 0.3) is 0 Å². The third-order valence-electron chi connectivity index (χ3n) is 7.62. The van der Waals surface area contributed by atoms with Gasteiger partial charge >= 0.3 is 0 Å². The Labute approximate surface area is 240 Å². The quantitative estimate of drug-likeness (QED) is 0.434. The number of amides is 3. The second kappa shape index (κ2) is 13.0. The molecule has 1 aliphatic carbocycles. The van der Waals surface area contributed by atoms with E-state index in [0.29, 0.717) is 23.4 Å². The molecule has 4 rings (SSSR count). The van der Waals surface area contributed by atoms with Crippen molar-refractivity contribution in [2.24, 2.45) is 0 Å². The van der Waals surface area contributed by atoms with Crippen LogP contribution in [0, 0.1) is 11.6 Å². The van der Waals surface area contributed by atoms with Crippen molar-refractivity contribution >= 4 is 35.8 Å². The van der Waals surface area contributed by atoms with Gasteiger partial charge in [0.2, 0.25) is 11.5 Å². The van der Waals surface area contributed by atoms with Crippen LogP contribution >= 0.6 is 12.4 Å². The Hall–Kier alpha value is -3.20. The molecule has 7 nitrogen and oxygen atoms in total. The first-order valence-corrected chi connectivity index (χ1v) is 13.8. The lowest BCUT2D eigenvalue weighted by Crippen LogP contribution is -2.54. The zero-order valence-corrected chi connectivity index (χ0v) is 24.3. The lowest BCUT2D eigenvalue weighted by molar-refractivity contribution is -0.135. The van der Waals surface area contributed by atoms with E-state index in [9.17, 15) is 23.2 Å². The van der Waals surface area contributed by atoms with E-state index < -0.39 is 23.1 Å². The Morgan fingerprint density at radius 2 is 1.75 bits per heavy atom. The summed E-state index contributed by atoms with van der Waals surface area (Å²) < 4.78 is 34.4. The normalized spacial score (nSPS) is 19.0. The number of rotatable bonds is 8. The van der Waals surface area contributed by atoms with Gasteiger partial charge in [0.1, 0.15) is 17.4 Å². The van der Waals surface area contributed by atoms with Gasteiger partial charge in [-0.2, -0.15) is 0 Å². The molecule has 218 valence electrons. The van der Waals surface area contributed by atoms with E-state index in [2.05, 4.69) is 5.32 Å². The fraction of sp³-hybridized carbons (Fsp3) is 0.500. The van der Waals surface area contributed by atoms with Gasteiger partial charge in [-0.05, 0) is 63.9 Å². The third-order valence-corrected chi connectivity index (χ3v) is 7.62. The smallest absolute Gasteiger partial charge is 0.275 e. The number of carbonyl (C=O) groups is 3. The molecule has 1 heterocycles. The summed E-state index contributed by atoms with van der Waals surface area (Å²) in [5.74, 6) is -2.20. The van der Waals surface area contributed by atoms with Gasteiger partial charge < -0.3 is 19.9 Å². The van der Waals surface area contributed by atoms with E-state index in [1.165, 1.54) is 18.2 Å². The minimum Gasteiger partial charge on any atom is -0.471 e. The number of benzene rings is 2. The number of halogens is 3. The van der Waals surface area contributed by atoms with Crippen molar-refractivity contribution in [3.8, 4) is 5.75 Å². The van der Waals surface area contributed by atoms with Crippen LogP contribution in [0.15, 0.2) is 36.4 Å². The van der Waals surface area contributed by atoms with Crippen molar-refractivity contribution in [1.29, 1.82) is 0 Å². The van der Waals surface area contributed by atoms with Gasteiger partial charge in [0.05, 0.1) is 5.69 Å². The summed E-state index contributed by atoms with van der Waals surface area (Å²) in [6.07, 6.45) is 5.56. The van der Waals surface area contributed by atoms with Crippen LogP contribution in [-0.2, 0) is 15.2 Å². The van der Waals surface area contributed by atoms with Crippen molar-refractivity contribution in [3.63, 3.8) is 0 Å². The third kappa shape index (κ3) is 6.40. The van der Waals surface area contributed by atoms with Gasteiger partial charge in [-0.15, -0.1) is 12.4 Å². The molecule has 0 unspecified atom stereocenters. The monoisotopic (exact) mass is 577 g/mol. The number of hydrogen-bond acceptors (Lipinski definition) is 4. The molecule has 2 aromatic carbocycles. The number of carbonyl (C=O) groups excluding carboxylic acids is 3. The Kier molecular flexibility index (Phi) is 10.2. The van der Waals surface area contributed by atoms with Gasteiger partial charge in [0.15, 0.2) is 0 Å². The number of anilines is 1. The van der Waals surface area contributed by atoms with Crippen LogP contribution < -0.4 is 15.0 Å². The number of nitrogens with zero attached hydrogens (tertiary/aromatic N) is 2. The van der Waals surface area contributed by atoms with Crippen LogP contribution in [-0.4, -0.2) is 47.8 Å². The number of ether oxygens (including phenoxy) is 1. The molecule has 0 spiro atoms. The van der Waals surface area contributed by atoms with E-state index in [4.69, 9.17) is 4.74 Å². The average Bonchev–Trinajstić information content (AvgIpc) is 2.90. The maximum atomic E-state index is 14.1. The molecule has 3 amide bonds. The largest absolute Gasteiger partial charge is 0.471 e. The summed E-state index contributed by atoms with van der Waals surface area (Å²) in [6, 6.07) is 7.97. The molecule has 1 N–H and O–H groups in total. The summed E-state index contributed by atoms with van der Waals surface area (Å²) in [5, 5.41) is 2.76. The highest BCUT2D eigenvalue weighted by Gasteiger charge is 2.47. The maximum absolute atomic E-state index is 14.1. The molecule has 2 aromatic rings. The summed E-state index contributed by atoms with van der Waals surface area (Å²) in [5.41, 5.74) is -0.894. The molecule has 0 aromatic heterocycles. The molecule has 1 fully saturated rings. The van der Waals surface area contributed by atoms with Gasteiger partial charge in [-0.3, -0.25) is 14.4 Å². The van der Waals surface area contributed by atoms with Crippen LogP contribution in [0.3, 0.4) is 0 Å². The maximum Gasteiger partial charge on any atom is 0.275 e. The second-order valence-electron chi connectivity index (χ2n) is 10.7. The number of fused-ring (bicyclic) bond motifs is 1. The van der Waals surface area contributed by atoms with Crippen molar-refractivity contribution in [1.82, 2.24) is 10.2 Å². The van der Waals surface area contributed by atoms with Crippen molar-refractivity contribution in [3.05, 3.63) is 59.2 Å². The topological polar surface area (TPSA) is 79.0 Å². The number of nitrogens with one attached hydrogen (secondary N) is 1. The van der Waals surface area contributed by atoms with E-state index >= 15 is 0 Å². The molecule has 0 radical (unpaired) electrons. The van der Waals surface area contributed by atoms with Gasteiger partial charge in [0.25, 0.3) is 11.8 Å². The standard InChI is InChI=1S/C30H37F2N3O4.ClH/c1-5-27(36)33-13-14-34-25-15-20(28(37)35(19(2)3)24-9-7-6-8-10-24)11-12-26(25)39-30(4,29(34)38)21-16-22(31)18-23(32)17-21;/h11-12,15-19,24H,5-10,13-14H2,1-4H3,(H,33,36);1H/t30-;/m0./s1. The summed E-state index contributed by atoms with van der Waals surface area (Å²) in [4.78, 5) is 42.9. The molecule has 40 heavy (non-hydrogen) atoms. The van der Waals surface area contributed by atoms with Crippen LogP contribution in [0.1, 0.15) is 82.1 Å². The molecular formula is C30H38ClF2N3O4. The van der Waals surface area contributed by atoms with Crippen molar-refractivity contribution in [2.75, 3.05) is 18.0 Å². The van der Waals surface area contributed by atoms with Crippen LogP contribution in [0.5, 0.6) is 5.75 Å². The summed E-state index contributed by atoms with van der Waals surface area (Å²) in [7, 11) is 0. The predicted octanol–water partition coefficient (Wildman–Crippen LogP) is 5.74. The Balaban J connectivity index is 0.00000441. The molecule has 1 saturated carbocycles. The van der Waals surface area contributed by atoms with Crippen molar-refractivity contribution in [2.45, 2.75) is 83.9 Å². The number of hydrogen-bond donors (Lipinski definition) is 1. The average molecular weight is 578 g/mol. The Morgan fingerprint density at radius 1 is 1.10 bits per heavy atom. The minimum atomic E-state index is -1.72. The van der Waals surface area contributed by atoms with Gasteiger partial charge in [-0.1, -0.05) is 26.2 Å². The highest BCUT2D eigenvalue weighted by molar-refractivity contribution is 6.05. The van der Waals surface area contributed by atoms with Gasteiger partial charge in [0, 0.05) is 48.8 Å². The Bertz CT molecular complexity index is 1230. The second-order valence-corrected chi connectivity index (χ2v) is 10.7. The van der Waals surface area contributed by atoms with E-state index in [1.54, 1.807) is 25.1 Å². The summed E-state index contributed by atoms with van der Waals surface area (Å²) >= 11 is 0. The SMILES string of the molecule is CCC(=O)NCCN1C(=O)[C@](C)(c2cc(F)cc(F)c2)Oc2ccc(C(=O)N(C(C)C)C3CCCCC3)cc21.Cl. The lowest BCUT2D eigenvalue weighted by Gasteiger charge is -2.41. The molecule has 1 aliphatic heterocycles. The zero-order chi connectivity index (χ0) is 28.3. The highest BCUT2D eigenvalue weighted by Crippen LogP contribution is 2.43. The highest BCUT2D eigenvalue weighted by atomic mass is 35.5. The first kappa shape index (κ1) is 31.3. The van der Waals surface area contributed by atoms with E-state index in [1.807, 2.05) is 18.7 Å². The predicted molar refractivity (Wildman–Crippen MR) is 152 cm³/mol. The molecule has 2 aliphatic rings. The van der Waals surface area contributed by atoms with Crippen LogP contribution in [0.2, 0.25) is 0 Å². The first-order valence-electron chi connectivity index (χ1n) is 13.8. The van der Waals surface area contributed by atoms with E-state index in [-0.39, 0.29) is 55.0 Å². The van der Waals surface area contributed by atoms with Gasteiger partial charge in [-0.25, -0.2) is 8.78 Å². The van der Waals surface area contributed by atoms with Crippen LogP contribution in [0.4, 0.5) is 14.5 Å². The molecule has 0 bridgehead atoms. The zero-order valence-electron chi connectivity index (χ0n) is 23.5. The molecule has 0 saturated heterocycles. The fourth-order valence-corrected chi connectivity index (χ4v) is 5.57. The fourth-order valence-electron chi connectivity index (χ4n) is 5.57. The lowest BCUT2D eigenvalue weighted by atomic mass is 9.91. The van der Waals surface area contributed by atoms with E-state index in [0.717, 1.165) is 43.9 Å². The first-order chi connectivity index (χ1) is 18.5.